The largest absolute Gasteiger partial charge is 3.00 e. The number of halogens is 2. The van der Waals surface area contributed by atoms with E-state index in [1.807, 2.05) is 0 Å². The van der Waals surface area contributed by atoms with E-state index in [-0.39, 0.29) is 61.8 Å². The van der Waals surface area contributed by atoms with Gasteiger partial charge in [-0.2, -0.15) is 5.57 Å². The number of hydrogen-bond acceptors (Lipinski definition) is 0. The second-order valence-corrected chi connectivity index (χ2v) is 6.58. The van der Waals surface area contributed by atoms with E-state index < -0.39 is 0 Å². The summed E-state index contributed by atoms with van der Waals surface area (Å²) in [6, 6.07) is 0. The molecule has 0 fully saturated rings. The summed E-state index contributed by atoms with van der Waals surface area (Å²) < 4.78 is 0. The Morgan fingerprint density at radius 1 is 1.05 bits per heavy atom. The van der Waals surface area contributed by atoms with Crippen LogP contribution in [0.25, 0.3) is 0 Å². The van der Waals surface area contributed by atoms with Crippen LogP contribution in [0.2, 0.25) is 0 Å². The van der Waals surface area contributed by atoms with Crippen molar-refractivity contribution < 1.29 is 51.0 Å². The molecule has 0 saturated heterocycles. The maximum atomic E-state index is 3.79. The minimum atomic E-state index is 0. The first-order chi connectivity index (χ1) is 7.78. The van der Waals surface area contributed by atoms with Gasteiger partial charge in [-0.05, 0) is 25.7 Å². The summed E-state index contributed by atoms with van der Waals surface area (Å²) in [6.45, 7) is 13.8. The molecule has 2 bridgehead atoms. The predicted molar refractivity (Wildman–Crippen MR) is 72.4 cm³/mol. The van der Waals surface area contributed by atoms with Crippen LogP contribution < -0.4 is 24.8 Å². The fraction of sp³-hybridized carbons (Fsp3) is 0.529. The molecule has 0 nitrogen and oxygen atoms in total. The molecule has 0 aliphatic heterocycles. The summed E-state index contributed by atoms with van der Waals surface area (Å²) >= 11 is 0. The summed E-state index contributed by atoms with van der Waals surface area (Å²) in [4.78, 5) is 0. The zero-order valence-corrected chi connectivity index (χ0v) is 17.0. The summed E-state index contributed by atoms with van der Waals surface area (Å²) in [7, 11) is 0. The van der Waals surface area contributed by atoms with E-state index in [0.29, 0.717) is 0 Å². The zero-order chi connectivity index (χ0) is 12.6. The van der Waals surface area contributed by atoms with Gasteiger partial charge in [-0.3, -0.25) is 6.08 Å². The first-order valence-corrected chi connectivity index (χ1v) is 6.53. The molecule has 4 rings (SSSR count). The number of hydrogen-bond donors (Lipinski definition) is 0. The molecule has 0 spiro atoms. The third-order valence-electron chi connectivity index (χ3n) is 4.87. The molecular formula is C17H21Cl2Zr. The quantitative estimate of drug-likeness (QED) is 0.494. The van der Waals surface area contributed by atoms with Crippen molar-refractivity contribution in [2.45, 2.75) is 48.0 Å². The Morgan fingerprint density at radius 3 is 1.90 bits per heavy atom. The van der Waals surface area contributed by atoms with Gasteiger partial charge in [0.2, 0.25) is 0 Å². The maximum absolute atomic E-state index is 3.79. The van der Waals surface area contributed by atoms with Crippen LogP contribution in [0.3, 0.4) is 0 Å². The Labute approximate surface area is 154 Å². The molecule has 0 aromatic carbocycles. The SMILES string of the molecule is CC1=CC(C)=C(C2(C)[C-]=C3C(C)=C2C3(C)C)C1.[Cl-].[Cl-].[Zr+3]. The third-order valence-corrected chi connectivity index (χ3v) is 4.87. The molecule has 0 aromatic rings. The van der Waals surface area contributed by atoms with E-state index in [0.717, 1.165) is 6.42 Å². The van der Waals surface area contributed by atoms with Crippen LogP contribution in [-0.4, -0.2) is 0 Å². The van der Waals surface area contributed by atoms with Gasteiger partial charge in [-0.15, -0.1) is 12.5 Å². The van der Waals surface area contributed by atoms with E-state index in [1.54, 1.807) is 11.1 Å². The summed E-state index contributed by atoms with van der Waals surface area (Å²) in [6.07, 6.45) is 7.26. The molecule has 1 radical (unpaired) electrons. The average molecular weight is 387 g/mol. The van der Waals surface area contributed by atoms with E-state index in [4.69, 9.17) is 0 Å². The van der Waals surface area contributed by atoms with Crippen molar-refractivity contribution in [1.82, 2.24) is 0 Å². The van der Waals surface area contributed by atoms with Crippen molar-refractivity contribution in [1.29, 1.82) is 0 Å². The molecular weight excluding hydrogens is 366 g/mol. The molecule has 4 aliphatic carbocycles. The van der Waals surface area contributed by atoms with E-state index in [1.165, 1.54) is 22.3 Å². The fourth-order valence-corrected chi connectivity index (χ4v) is 4.41. The van der Waals surface area contributed by atoms with Crippen LogP contribution >= 0.6 is 0 Å². The zero-order valence-electron chi connectivity index (χ0n) is 13.0. The molecule has 4 aliphatic rings. The van der Waals surface area contributed by atoms with Crippen LogP contribution in [0.4, 0.5) is 0 Å². The second kappa shape index (κ2) is 5.90. The van der Waals surface area contributed by atoms with Gasteiger partial charge in [-0.25, -0.2) is 5.57 Å². The smallest absolute Gasteiger partial charge is 1.00 e. The number of fused-ring (bicyclic) bond motifs is 1. The molecule has 3 heteroatoms. The molecule has 0 N–H and O–H groups in total. The Bertz CT molecular complexity index is 562. The van der Waals surface area contributed by atoms with Crippen LogP contribution in [0, 0.1) is 16.9 Å². The Kier molecular flexibility index (Phi) is 6.03. The second-order valence-electron chi connectivity index (χ2n) is 6.58. The summed E-state index contributed by atoms with van der Waals surface area (Å²) in [5.41, 5.74) is 9.45. The molecule has 1 unspecified atom stereocenters. The van der Waals surface area contributed by atoms with Gasteiger partial charge in [0.1, 0.15) is 0 Å². The average Bonchev–Trinajstić information content (AvgIpc) is 2.75. The van der Waals surface area contributed by atoms with Crippen molar-refractivity contribution in [2.24, 2.45) is 10.8 Å². The molecule has 0 heterocycles. The molecule has 107 valence electrons. The number of rotatable bonds is 1. The van der Waals surface area contributed by atoms with Gasteiger partial charge < -0.3 is 24.8 Å². The molecule has 0 saturated carbocycles. The molecule has 0 amide bonds. The Morgan fingerprint density at radius 2 is 1.60 bits per heavy atom. The maximum Gasteiger partial charge on any atom is 3.00 e. The third kappa shape index (κ3) is 2.29. The van der Waals surface area contributed by atoms with Gasteiger partial charge in [0.25, 0.3) is 0 Å². The van der Waals surface area contributed by atoms with Crippen molar-refractivity contribution in [3.63, 3.8) is 0 Å². The fourth-order valence-electron chi connectivity index (χ4n) is 4.41. The molecule has 0 aromatic heterocycles. The van der Waals surface area contributed by atoms with Gasteiger partial charge in [0, 0.05) is 0 Å². The van der Waals surface area contributed by atoms with Crippen LogP contribution in [0.1, 0.15) is 48.0 Å². The van der Waals surface area contributed by atoms with Crippen molar-refractivity contribution in [3.05, 3.63) is 45.6 Å². The standard InChI is InChI=1S/C17H21.2ClH.Zr/c1-10-7-11(2)13(8-10)17(6)9-14-12(3)15(17)16(14,4)5;;;/h7H,8H2,1-6H3;2*1H;/q-1;;;+3/p-2. The summed E-state index contributed by atoms with van der Waals surface area (Å²) in [5.74, 6) is 0. The van der Waals surface area contributed by atoms with Crippen LogP contribution in [-0.2, 0) is 26.2 Å². The Balaban J connectivity index is 0.00000120. The minimum Gasteiger partial charge on any atom is -1.00 e. The van der Waals surface area contributed by atoms with Crippen LogP contribution in [0.15, 0.2) is 39.5 Å². The minimum absolute atomic E-state index is 0. The molecule has 1 atom stereocenters. The Hall–Kier alpha value is 0.423. The van der Waals surface area contributed by atoms with Crippen molar-refractivity contribution in [3.8, 4) is 0 Å². The number of allylic oxidation sites excluding steroid dienone is 8. The van der Waals surface area contributed by atoms with E-state index in [2.05, 4.69) is 53.7 Å². The van der Waals surface area contributed by atoms with Gasteiger partial charge in [0.05, 0.1) is 0 Å². The first kappa shape index (κ1) is 20.4. The van der Waals surface area contributed by atoms with E-state index in [9.17, 15) is 0 Å². The topological polar surface area (TPSA) is 0 Å². The summed E-state index contributed by atoms with van der Waals surface area (Å²) in [5, 5.41) is 0. The van der Waals surface area contributed by atoms with Crippen molar-refractivity contribution in [2.75, 3.05) is 0 Å². The molecule has 20 heavy (non-hydrogen) atoms. The van der Waals surface area contributed by atoms with Gasteiger partial charge >= 0.3 is 26.2 Å². The van der Waals surface area contributed by atoms with Crippen LogP contribution in [0.5, 0.6) is 0 Å². The predicted octanol–water partition coefficient (Wildman–Crippen LogP) is -1.24. The van der Waals surface area contributed by atoms with Crippen molar-refractivity contribution >= 4 is 0 Å². The van der Waals surface area contributed by atoms with Gasteiger partial charge in [0.15, 0.2) is 0 Å². The monoisotopic (exact) mass is 385 g/mol. The normalized spacial score (nSPS) is 28.9. The van der Waals surface area contributed by atoms with Gasteiger partial charge in [-0.1, -0.05) is 49.0 Å². The van der Waals surface area contributed by atoms with E-state index >= 15 is 0 Å². The first-order valence-electron chi connectivity index (χ1n) is 6.53.